The van der Waals surface area contributed by atoms with E-state index in [1.54, 1.807) is 24.1 Å². The number of non-ortho nitro benzene ring substituents is 1. The normalized spacial score (nSPS) is 14.0. The van der Waals surface area contributed by atoms with Crippen LogP contribution in [0.5, 0.6) is 5.88 Å². The van der Waals surface area contributed by atoms with Gasteiger partial charge < -0.3 is 19.3 Å². The van der Waals surface area contributed by atoms with Crippen molar-refractivity contribution in [2.75, 3.05) is 51.4 Å². The van der Waals surface area contributed by atoms with Crippen molar-refractivity contribution in [3.05, 3.63) is 52.1 Å². The van der Waals surface area contributed by atoms with Crippen LogP contribution in [-0.2, 0) is 4.74 Å². The van der Waals surface area contributed by atoms with Crippen LogP contribution in [-0.4, -0.2) is 72.4 Å². The Hall–Kier alpha value is -3.27. The van der Waals surface area contributed by atoms with Crippen LogP contribution in [0.4, 0.5) is 11.5 Å². The van der Waals surface area contributed by atoms with E-state index in [1.807, 2.05) is 11.0 Å². The van der Waals surface area contributed by atoms with Crippen molar-refractivity contribution in [3.8, 4) is 5.88 Å². The second kappa shape index (κ2) is 9.09. The maximum absolute atomic E-state index is 12.6. The highest BCUT2D eigenvalue weighted by atomic mass is 16.6. The number of piperazine rings is 1. The number of hydrogen-bond acceptors (Lipinski definition) is 8. The summed E-state index contributed by atoms with van der Waals surface area (Å²) in [4.78, 5) is 26.7. The van der Waals surface area contributed by atoms with Gasteiger partial charge in [0.1, 0.15) is 6.61 Å². The molecular weight excluding hydrogens is 366 g/mol. The summed E-state index contributed by atoms with van der Waals surface area (Å²) < 4.78 is 10.3. The molecule has 148 valence electrons. The number of hydrogen-bond donors (Lipinski definition) is 0. The predicted molar refractivity (Wildman–Crippen MR) is 101 cm³/mol. The van der Waals surface area contributed by atoms with Crippen molar-refractivity contribution in [2.24, 2.45) is 0 Å². The number of methoxy groups -OCH3 is 1. The number of ether oxygens (including phenoxy) is 2. The molecule has 0 aliphatic carbocycles. The Morgan fingerprint density at radius 3 is 2.57 bits per heavy atom. The van der Waals surface area contributed by atoms with E-state index < -0.39 is 4.92 Å². The average Bonchev–Trinajstić information content (AvgIpc) is 2.74. The highest BCUT2D eigenvalue weighted by Gasteiger charge is 2.24. The lowest BCUT2D eigenvalue weighted by molar-refractivity contribution is -0.384. The van der Waals surface area contributed by atoms with Gasteiger partial charge in [0.25, 0.3) is 11.6 Å². The topological polar surface area (TPSA) is 111 Å². The van der Waals surface area contributed by atoms with Crippen LogP contribution in [0.1, 0.15) is 10.4 Å². The fourth-order valence-electron chi connectivity index (χ4n) is 2.86. The van der Waals surface area contributed by atoms with Gasteiger partial charge in [-0.2, -0.15) is 0 Å². The molecule has 1 amide bonds. The first-order chi connectivity index (χ1) is 13.6. The molecule has 2 aromatic rings. The summed E-state index contributed by atoms with van der Waals surface area (Å²) in [5.74, 6) is 0.929. The number of benzene rings is 1. The number of nitro benzene ring substituents is 1. The van der Waals surface area contributed by atoms with Crippen LogP contribution < -0.4 is 9.64 Å². The van der Waals surface area contributed by atoms with E-state index in [1.165, 1.54) is 18.2 Å². The smallest absolute Gasteiger partial charge is 0.270 e. The van der Waals surface area contributed by atoms with Crippen LogP contribution in [0, 0.1) is 10.1 Å². The number of anilines is 1. The molecule has 28 heavy (non-hydrogen) atoms. The molecule has 0 unspecified atom stereocenters. The van der Waals surface area contributed by atoms with Gasteiger partial charge in [0, 0.05) is 57.1 Å². The van der Waals surface area contributed by atoms with Gasteiger partial charge >= 0.3 is 0 Å². The van der Waals surface area contributed by atoms with Gasteiger partial charge in [-0.1, -0.05) is 6.07 Å². The van der Waals surface area contributed by atoms with Crippen molar-refractivity contribution >= 4 is 17.4 Å². The number of carbonyl (C=O) groups is 1. The molecule has 1 aromatic heterocycles. The third kappa shape index (κ3) is 4.71. The van der Waals surface area contributed by atoms with E-state index in [9.17, 15) is 14.9 Å². The molecule has 10 nitrogen and oxygen atoms in total. The van der Waals surface area contributed by atoms with E-state index in [0.29, 0.717) is 56.7 Å². The van der Waals surface area contributed by atoms with E-state index >= 15 is 0 Å². The first-order valence-corrected chi connectivity index (χ1v) is 8.82. The van der Waals surface area contributed by atoms with Gasteiger partial charge in [-0.15, -0.1) is 10.2 Å². The first kappa shape index (κ1) is 19.5. The fourth-order valence-corrected chi connectivity index (χ4v) is 2.86. The van der Waals surface area contributed by atoms with Gasteiger partial charge in [-0.25, -0.2) is 0 Å². The molecule has 1 aromatic carbocycles. The second-order valence-electron chi connectivity index (χ2n) is 6.16. The quantitative estimate of drug-likeness (QED) is 0.398. The summed E-state index contributed by atoms with van der Waals surface area (Å²) in [7, 11) is 1.60. The molecule has 0 bridgehead atoms. The summed E-state index contributed by atoms with van der Waals surface area (Å²) in [5, 5.41) is 19.1. The van der Waals surface area contributed by atoms with Gasteiger partial charge in [-0.05, 0) is 12.1 Å². The zero-order chi connectivity index (χ0) is 19.9. The van der Waals surface area contributed by atoms with E-state index in [4.69, 9.17) is 9.47 Å². The van der Waals surface area contributed by atoms with Gasteiger partial charge in [0.2, 0.25) is 5.88 Å². The van der Waals surface area contributed by atoms with Crippen molar-refractivity contribution in [2.45, 2.75) is 0 Å². The number of nitro groups is 1. The standard InChI is InChI=1S/C18H21N5O5/c1-27-11-12-28-17-6-5-16(19-20-17)21-7-9-22(10-8-21)18(24)14-3-2-4-15(13-14)23(25)26/h2-6,13H,7-12H2,1H3. The maximum atomic E-state index is 12.6. The van der Waals surface area contributed by atoms with Crippen molar-refractivity contribution in [3.63, 3.8) is 0 Å². The SMILES string of the molecule is COCCOc1ccc(N2CCN(C(=O)c3cccc([N+](=O)[O-])c3)CC2)nn1. The molecule has 1 aliphatic rings. The van der Waals surface area contributed by atoms with Crippen LogP contribution in [0.25, 0.3) is 0 Å². The van der Waals surface area contributed by atoms with Crippen LogP contribution in [0.3, 0.4) is 0 Å². The molecule has 2 heterocycles. The van der Waals surface area contributed by atoms with Gasteiger partial charge in [0.15, 0.2) is 5.82 Å². The van der Waals surface area contributed by atoms with Crippen molar-refractivity contribution in [1.82, 2.24) is 15.1 Å². The van der Waals surface area contributed by atoms with E-state index in [0.717, 1.165) is 0 Å². The summed E-state index contributed by atoms with van der Waals surface area (Å²) in [6, 6.07) is 9.37. The zero-order valence-corrected chi connectivity index (χ0v) is 15.5. The molecule has 1 fully saturated rings. The zero-order valence-electron chi connectivity index (χ0n) is 15.5. The minimum Gasteiger partial charge on any atom is -0.474 e. The molecule has 0 radical (unpaired) electrons. The average molecular weight is 387 g/mol. The Bertz CT molecular complexity index is 821. The lowest BCUT2D eigenvalue weighted by Crippen LogP contribution is -2.49. The molecule has 0 atom stereocenters. The largest absolute Gasteiger partial charge is 0.474 e. The van der Waals surface area contributed by atoms with Gasteiger partial charge in [-0.3, -0.25) is 14.9 Å². The maximum Gasteiger partial charge on any atom is 0.270 e. The summed E-state index contributed by atoms with van der Waals surface area (Å²) >= 11 is 0. The molecule has 0 saturated carbocycles. The Balaban J connectivity index is 1.56. The Kier molecular flexibility index (Phi) is 6.33. The predicted octanol–water partition coefficient (Wildman–Crippen LogP) is 1.37. The van der Waals surface area contributed by atoms with Crippen molar-refractivity contribution in [1.29, 1.82) is 0 Å². The highest BCUT2D eigenvalue weighted by molar-refractivity contribution is 5.95. The molecular formula is C18H21N5O5. The monoisotopic (exact) mass is 387 g/mol. The Morgan fingerprint density at radius 2 is 1.93 bits per heavy atom. The first-order valence-electron chi connectivity index (χ1n) is 8.82. The molecule has 3 rings (SSSR count). The lowest BCUT2D eigenvalue weighted by Gasteiger charge is -2.35. The number of nitrogens with zero attached hydrogens (tertiary/aromatic N) is 5. The lowest BCUT2D eigenvalue weighted by atomic mass is 10.1. The van der Waals surface area contributed by atoms with Gasteiger partial charge in [0.05, 0.1) is 11.5 Å². The third-order valence-electron chi connectivity index (χ3n) is 4.36. The summed E-state index contributed by atoms with van der Waals surface area (Å²) in [5.41, 5.74) is 0.229. The Labute approximate surface area is 161 Å². The molecule has 10 heteroatoms. The number of aromatic nitrogens is 2. The summed E-state index contributed by atoms with van der Waals surface area (Å²) in [6.45, 7) is 3.07. The molecule has 0 N–H and O–H groups in total. The summed E-state index contributed by atoms with van der Waals surface area (Å²) in [6.07, 6.45) is 0. The second-order valence-corrected chi connectivity index (χ2v) is 6.16. The molecule has 0 spiro atoms. The van der Waals surface area contributed by atoms with E-state index in [2.05, 4.69) is 10.2 Å². The third-order valence-corrected chi connectivity index (χ3v) is 4.36. The Morgan fingerprint density at radius 1 is 1.14 bits per heavy atom. The van der Waals surface area contributed by atoms with Crippen LogP contribution in [0.2, 0.25) is 0 Å². The van der Waals surface area contributed by atoms with Crippen LogP contribution >= 0.6 is 0 Å². The number of amides is 1. The minimum atomic E-state index is -0.504. The fraction of sp³-hybridized carbons (Fsp3) is 0.389. The van der Waals surface area contributed by atoms with E-state index in [-0.39, 0.29) is 11.6 Å². The van der Waals surface area contributed by atoms with Crippen LogP contribution in [0.15, 0.2) is 36.4 Å². The number of rotatable bonds is 7. The van der Waals surface area contributed by atoms with Crippen molar-refractivity contribution < 1.29 is 19.2 Å². The minimum absolute atomic E-state index is 0.0902. The number of carbonyl (C=O) groups excluding carboxylic acids is 1. The highest BCUT2D eigenvalue weighted by Crippen LogP contribution is 2.18. The molecule has 1 saturated heterocycles. The molecule has 1 aliphatic heterocycles.